The fourth-order valence-electron chi connectivity index (χ4n) is 1.51. The van der Waals surface area contributed by atoms with Gasteiger partial charge in [-0.3, -0.25) is 0 Å². The van der Waals surface area contributed by atoms with E-state index in [4.69, 9.17) is 5.11 Å². The van der Waals surface area contributed by atoms with Crippen LogP contribution >= 0.6 is 23.1 Å². The van der Waals surface area contributed by atoms with Crippen LogP contribution in [-0.4, -0.2) is 16.8 Å². The van der Waals surface area contributed by atoms with E-state index in [1.165, 1.54) is 16.2 Å². The summed E-state index contributed by atoms with van der Waals surface area (Å²) in [6, 6.07) is 11.7. The Bertz CT molecular complexity index is 532. The standard InChI is InChI=1S/C13H12O2S2/c1-2-16-10-5-3-4-9(8-10)11-6-7-12(17-11)13(14)15/h3-8H,2H2,1H3,(H,14,15). The minimum atomic E-state index is -0.861. The molecule has 0 atom stereocenters. The summed E-state index contributed by atoms with van der Waals surface area (Å²) in [5.41, 5.74) is 1.08. The van der Waals surface area contributed by atoms with Gasteiger partial charge in [-0.05, 0) is 35.6 Å². The van der Waals surface area contributed by atoms with Crippen molar-refractivity contribution < 1.29 is 9.90 Å². The van der Waals surface area contributed by atoms with Crippen molar-refractivity contribution in [2.24, 2.45) is 0 Å². The highest BCUT2D eigenvalue weighted by molar-refractivity contribution is 7.99. The van der Waals surface area contributed by atoms with Gasteiger partial charge in [0.05, 0.1) is 0 Å². The maximum absolute atomic E-state index is 10.8. The van der Waals surface area contributed by atoms with Gasteiger partial charge in [-0.1, -0.05) is 19.1 Å². The Hall–Kier alpha value is -1.26. The number of carboxylic acids is 1. The third-order valence-corrected chi connectivity index (χ3v) is 4.24. The highest BCUT2D eigenvalue weighted by Crippen LogP contribution is 2.30. The third-order valence-electron chi connectivity index (χ3n) is 2.25. The monoisotopic (exact) mass is 264 g/mol. The fraction of sp³-hybridized carbons (Fsp3) is 0.154. The molecule has 0 unspecified atom stereocenters. The molecule has 2 aromatic rings. The van der Waals surface area contributed by atoms with Gasteiger partial charge >= 0.3 is 5.97 Å². The first-order valence-electron chi connectivity index (χ1n) is 5.27. The van der Waals surface area contributed by atoms with E-state index in [0.717, 1.165) is 16.2 Å². The molecule has 1 aromatic carbocycles. The lowest BCUT2D eigenvalue weighted by molar-refractivity contribution is 0.0702. The highest BCUT2D eigenvalue weighted by Gasteiger charge is 2.08. The van der Waals surface area contributed by atoms with Gasteiger partial charge in [0.25, 0.3) is 0 Å². The van der Waals surface area contributed by atoms with Crippen molar-refractivity contribution in [2.75, 3.05) is 5.75 Å². The first kappa shape index (κ1) is 12.2. The summed E-state index contributed by atoms with van der Waals surface area (Å²) in [5, 5.41) is 8.89. The van der Waals surface area contributed by atoms with Gasteiger partial charge in [0, 0.05) is 9.77 Å². The fourth-order valence-corrected chi connectivity index (χ4v) is 3.07. The molecule has 1 heterocycles. The minimum absolute atomic E-state index is 0.383. The number of hydrogen-bond donors (Lipinski definition) is 1. The summed E-state index contributed by atoms with van der Waals surface area (Å²) in [6.45, 7) is 2.12. The van der Waals surface area contributed by atoms with Gasteiger partial charge < -0.3 is 5.11 Å². The predicted molar refractivity (Wildman–Crippen MR) is 73.1 cm³/mol. The Morgan fingerprint density at radius 3 is 2.82 bits per heavy atom. The summed E-state index contributed by atoms with van der Waals surface area (Å²) in [4.78, 5) is 13.4. The van der Waals surface area contributed by atoms with Crippen LogP contribution in [0.2, 0.25) is 0 Å². The molecule has 0 bridgehead atoms. The maximum atomic E-state index is 10.8. The normalized spacial score (nSPS) is 10.4. The molecule has 17 heavy (non-hydrogen) atoms. The van der Waals surface area contributed by atoms with Crippen LogP contribution in [0.1, 0.15) is 16.6 Å². The highest BCUT2D eigenvalue weighted by atomic mass is 32.2. The maximum Gasteiger partial charge on any atom is 0.345 e. The zero-order valence-electron chi connectivity index (χ0n) is 9.34. The number of carbonyl (C=O) groups is 1. The van der Waals surface area contributed by atoms with Crippen molar-refractivity contribution in [3.8, 4) is 10.4 Å². The average molecular weight is 264 g/mol. The topological polar surface area (TPSA) is 37.3 Å². The summed E-state index contributed by atoms with van der Waals surface area (Å²) in [5.74, 6) is 0.175. The van der Waals surface area contributed by atoms with E-state index in [9.17, 15) is 4.79 Å². The molecule has 1 aromatic heterocycles. The van der Waals surface area contributed by atoms with Crippen molar-refractivity contribution in [2.45, 2.75) is 11.8 Å². The first-order chi connectivity index (χ1) is 8.20. The van der Waals surface area contributed by atoms with Crippen molar-refractivity contribution in [3.63, 3.8) is 0 Å². The Balaban J connectivity index is 2.31. The second-order valence-corrected chi connectivity index (χ2v) is 5.85. The molecule has 0 radical (unpaired) electrons. The van der Waals surface area contributed by atoms with Gasteiger partial charge in [-0.2, -0.15) is 0 Å². The predicted octanol–water partition coefficient (Wildman–Crippen LogP) is 4.23. The van der Waals surface area contributed by atoms with E-state index in [0.29, 0.717) is 4.88 Å². The second-order valence-electron chi connectivity index (χ2n) is 3.43. The van der Waals surface area contributed by atoms with Gasteiger partial charge in [-0.15, -0.1) is 23.1 Å². The molecule has 2 rings (SSSR count). The molecule has 0 amide bonds. The Kier molecular flexibility index (Phi) is 3.86. The van der Waals surface area contributed by atoms with Crippen LogP contribution in [0.15, 0.2) is 41.3 Å². The van der Waals surface area contributed by atoms with Gasteiger partial charge in [0.1, 0.15) is 4.88 Å². The Labute approximate surface area is 108 Å². The van der Waals surface area contributed by atoms with Crippen LogP contribution in [0.5, 0.6) is 0 Å². The van der Waals surface area contributed by atoms with Crippen LogP contribution in [0, 0.1) is 0 Å². The summed E-state index contributed by atoms with van der Waals surface area (Å²) in [7, 11) is 0. The largest absolute Gasteiger partial charge is 0.477 e. The molecule has 0 fully saturated rings. The van der Waals surface area contributed by atoms with E-state index in [1.54, 1.807) is 17.8 Å². The van der Waals surface area contributed by atoms with E-state index in [1.807, 2.05) is 18.2 Å². The molecule has 4 heteroatoms. The SMILES string of the molecule is CCSc1cccc(-c2ccc(C(=O)O)s2)c1. The molecule has 0 aliphatic heterocycles. The number of carboxylic acid groups (broad SMARTS) is 1. The number of rotatable bonds is 4. The number of benzene rings is 1. The van der Waals surface area contributed by atoms with Gasteiger partial charge in [0.2, 0.25) is 0 Å². The van der Waals surface area contributed by atoms with E-state index in [-0.39, 0.29) is 0 Å². The smallest absolute Gasteiger partial charge is 0.345 e. The van der Waals surface area contributed by atoms with Gasteiger partial charge in [-0.25, -0.2) is 4.79 Å². The van der Waals surface area contributed by atoms with Crippen LogP contribution < -0.4 is 0 Å². The average Bonchev–Trinajstić information content (AvgIpc) is 2.79. The van der Waals surface area contributed by atoms with E-state index < -0.39 is 5.97 Å². The molecular formula is C13H12O2S2. The van der Waals surface area contributed by atoms with Crippen molar-refractivity contribution in [1.82, 2.24) is 0 Å². The zero-order valence-corrected chi connectivity index (χ0v) is 11.0. The van der Waals surface area contributed by atoms with Crippen LogP contribution in [-0.2, 0) is 0 Å². The molecule has 0 saturated heterocycles. The van der Waals surface area contributed by atoms with E-state index in [2.05, 4.69) is 19.1 Å². The molecule has 88 valence electrons. The van der Waals surface area contributed by atoms with Crippen LogP contribution in [0.3, 0.4) is 0 Å². The van der Waals surface area contributed by atoms with Crippen LogP contribution in [0.25, 0.3) is 10.4 Å². The lowest BCUT2D eigenvalue weighted by atomic mass is 10.2. The number of thiophene rings is 1. The Morgan fingerprint density at radius 1 is 1.35 bits per heavy atom. The first-order valence-corrected chi connectivity index (χ1v) is 7.07. The quantitative estimate of drug-likeness (QED) is 0.840. The number of aromatic carboxylic acids is 1. The molecule has 0 spiro atoms. The van der Waals surface area contributed by atoms with Crippen LogP contribution in [0.4, 0.5) is 0 Å². The summed E-state index contributed by atoms with van der Waals surface area (Å²) >= 11 is 3.10. The Morgan fingerprint density at radius 2 is 2.18 bits per heavy atom. The van der Waals surface area contributed by atoms with Gasteiger partial charge in [0.15, 0.2) is 0 Å². The minimum Gasteiger partial charge on any atom is -0.477 e. The molecule has 2 nitrogen and oxygen atoms in total. The van der Waals surface area contributed by atoms with E-state index >= 15 is 0 Å². The lowest BCUT2D eigenvalue weighted by Crippen LogP contribution is -1.89. The molecule has 0 saturated carbocycles. The molecular weight excluding hydrogens is 252 g/mol. The number of thioether (sulfide) groups is 1. The zero-order chi connectivity index (χ0) is 12.3. The lowest BCUT2D eigenvalue weighted by Gasteiger charge is -2.01. The molecule has 0 aliphatic carbocycles. The summed E-state index contributed by atoms with van der Waals surface area (Å²) < 4.78 is 0. The van der Waals surface area contributed by atoms with Crippen molar-refractivity contribution in [3.05, 3.63) is 41.3 Å². The van der Waals surface area contributed by atoms with Crippen molar-refractivity contribution >= 4 is 29.1 Å². The second kappa shape index (κ2) is 5.38. The molecule has 0 aliphatic rings. The number of hydrogen-bond acceptors (Lipinski definition) is 3. The van der Waals surface area contributed by atoms with Crippen molar-refractivity contribution in [1.29, 1.82) is 0 Å². The molecule has 1 N–H and O–H groups in total. The summed E-state index contributed by atoms with van der Waals surface area (Å²) in [6.07, 6.45) is 0. The third kappa shape index (κ3) is 2.90.